The maximum Gasteiger partial charge on any atom is 0.469 e. The number of allylic oxidation sites excluding steroid dienone is 8. The standard InChI is InChI=1S/C36H63O8P/c1-3-5-7-9-11-13-15-16-17-18-19-20-21-23-25-27-29-31-36(38)44-34(33-43-45(39,40)41)32-42-35(37)30-28-26-24-22-14-12-10-8-6-4-2/h5,7,11,13,16-17,19-20,34H,3-4,6,8-10,12,14-15,18,21-33H2,1-2H3,(H2,39,40,41)/b7-5-,13-11-,17-16-,20-19-. The van der Waals surface area contributed by atoms with Crippen molar-refractivity contribution >= 4 is 19.8 Å². The van der Waals surface area contributed by atoms with Crippen LogP contribution in [0.1, 0.15) is 149 Å². The summed E-state index contributed by atoms with van der Waals surface area (Å²) in [5, 5.41) is 0. The molecule has 0 saturated carbocycles. The van der Waals surface area contributed by atoms with Crippen molar-refractivity contribution in [2.75, 3.05) is 13.2 Å². The SMILES string of the molecule is CC/C=C\C/C=C\C/C=C\C/C=C\CCCCCCC(=O)OC(COC(=O)CCCCCCCCCCCC)COP(=O)(O)O. The smallest absolute Gasteiger partial charge is 0.462 e. The molecule has 2 N–H and O–H groups in total. The molecule has 0 amide bonds. The van der Waals surface area contributed by atoms with E-state index < -0.39 is 32.5 Å². The molecule has 0 aliphatic rings. The third kappa shape index (κ3) is 34.7. The van der Waals surface area contributed by atoms with E-state index in [4.69, 9.17) is 19.3 Å². The second kappa shape index (κ2) is 32.0. The zero-order valence-electron chi connectivity index (χ0n) is 28.3. The van der Waals surface area contributed by atoms with E-state index in [1.807, 2.05) is 0 Å². The van der Waals surface area contributed by atoms with E-state index in [-0.39, 0.29) is 19.4 Å². The largest absolute Gasteiger partial charge is 0.469 e. The lowest BCUT2D eigenvalue weighted by Gasteiger charge is -2.18. The van der Waals surface area contributed by atoms with Crippen LogP contribution in [0.4, 0.5) is 0 Å². The summed E-state index contributed by atoms with van der Waals surface area (Å²) in [6, 6.07) is 0. The first-order valence-electron chi connectivity index (χ1n) is 17.4. The summed E-state index contributed by atoms with van der Waals surface area (Å²) in [4.78, 5) is 42.5. The molecule has 0 radical (unpaired) electrons. The van der Waals surface area contributed by atoms with Crippen molar-refractivity contribution in [2.24, 2.45) is 0 Å². The zero-order chi connectivity index (χ0) is 33.3. The Balaban J connectivity index is 4.06. The topological polar surface area (TPSA) is 119 Å². The van der Waals surface area contributed by atoms with Crippen LogP contribution < -0.4 is 0 Å². The molecule has 8 nitrogen and oxygen atoms in total. The molecule has 0 fully saturated rings. The number of phosphoric ester groups is 1. The van der Waals surface area contributed by atoms with E-state index in [1.54, 1.807) is 0 Å². The number of carbonyl (C=O) groups excluding carboxylic acids is 2. The van der Waals surface area contributed by atoms with Gasteiger partial charge in [0.25, 0.3) is 0 Å². The summed E-state index contributed by atoms with van der Waals surface area (Å²) >= 11 is 0. The molecule has 0 aromatic carbocycles. The first-order chi connectivity index (χ1) is 21.8. The summed E-state index contributed by atoms with van der Waals surface area (Å²) in [5.41, 5.74) is 0. The van der Waals surface area contributed by atoms with E-state index in [9.17, 15) is 14.2 Å². The number of ether oxygens (including phenoxy) is 2. The summed E-state index contributed by atoms with van der Waals surface area (Å²) in [6.45, 7) is 3.51. The molecule has 1 atom stereocenters. The number of carbonyl (C=O) groups is 2. The second-order valence-electron chi connectivity index (χ2n) is 11.5. The van der Waals surface area contributed by atoms with Gasteiger partial charge in [-0.3, -0.25) is 14.1 Å². The Morgan fingerprint density at radius 2 is 1.07 bits per heavy atom. The molecule has 260 valence electrons. The molecular formula is C36H63O8P. The van der Waals surface area contributed by atoms with Gasteiger partial charge in [0, 0.05) is 12.8 Å². The fraction of sp³-hybridized carbons (Fsp3) is 0.722. The normalized spacial score (nSPS) is 13.1. The molecule has 45 heavy (non-hydrogen) atoms. The Morgan fingerprint density at radius 3 is 1.60 bits per heavy atom. The van der Waals surface area contributed by atoms with Crippen LogP contribution in [0.25, 0.3) is 0 Å². The fourth-order valence-electron chi connectivity index (χ4n) is 4.54. The summed E-state index contributed by atoms with van der Waals surface area (Å²) in [5.74, 6) is -0.918. The van der Waals surface area contributed by atoms with Crippen LogP contribution in [0.5, 0.6) is 0 Å². The van der Waals surface area contributed by atoms with Crippen LogP contribution in [0.3, 0.4) is 0 Å². The molecule has 0 aromatic heterocycles. The Kier molecular flexibility index (Phi) is 30.6. The van der Waals surface area contributed by atoms with Gasteiger partial charge in [-0.05, 0) is 51.4 Å². The molecule has 0 aliphatic heterocycles. The van der Waals surface area contributed by atoms with Gasteiger partial charge in [0.1, 0.15) is 6.61 Å². The van der Waals surface area contributed by atoms with Crippen molar-refractivity contribution in [2.45, 2.75) is 155 Å². The van der Waals surface area contributed by atoms with Gasteiger partial charge in [-0.1, -0.05) is 133 Å². The molecule has 0 bridgehead atoms. The maximum atomic E-state index is 12.3. The Bertz CT molecular complexity index is 874. The monoisotopic (exact) mass is 654 g/mol. The Hall–Kier alpha value is -1.99. The van der Waals surface area contributed by atoms with E-state index in [1.165, 1.54) is 44.9 Å². The highest BCUT2D eigenvalue weighted by molar-refractivity contribution is 7.46. The van der Waals surface area contributed by atoms with Crippen LogP contribution in [0.15, 0.2) is 48.6 Å². The molecule has 0 saturated heterocycles. The van der Waals surface area contributed by atoms with E-state index in [2.05, 4.69) is 67.0 Å². The zero-order valence-corrected chi connectivity index (χ0v) is 29.1. The molecule has 1 unspecified atom stereocenters. The lowest BCUT2D eigenvalue weighted by molar-refractivity contribution is -0.161. The summed E-state index contributed by atoms with van der Waals surface area (Å²) in [6.07, 6.45) is 36.9. The minimum Gasteiger partial charge on any atom is -0.462 e. The first-order valence-corrected chi connectivity index (χ1v) is 19.0. The summed E-state index contributed by atoms with van der Waals surface area (Å²) in [7, 11) is -4.75. The number of rotatable bonds is 31. The average Bonchev–Trinajstić information content (AvgIpc) is 3.00. The van der Waals surface area contributed by atoms with Gasteiger partial charge in [0.2, 0.25) is 0 Å². The second-order valence-corrected chi connectivity index (χ2v) is 12.7. The number of phosphoric acid groups is 1. The van der Waals surface area contributed by atoms with Crippen molar-refractivity contribution in [1.82, 2.24) is 0 Å². The number of hydrogen-bond acceptors (Lipinski definition) is 6. The third-order valence-corrected chi connectivity index (χ3v) is 7.60. The highest BCUT2D eigenvalue weighted by Gasteiger charge is 2.22. The molecular weight excluding hydrogens is 591 g/mol. The van der Waals surface area contributed by atoms with Crippen LogP contribution in [-0.2, 0) is 28.2 Å². The minimum absolute atomic E-state index is 0.183. The molecule has 9 heteroatoms. The van der Waals surface area contributed by atoms with E-state index in [0.717, 1.165) is 70.6 Å². The van der Waals surface area contributed by atoms with Gasteiger partial charge in [-0.25, -0.2) is 4.57 Å². The highest BCUT2D eigenvalue weighted by atomic mass is 31.2. The average molecular weight is 655 g/mol. The number of hydrogen-bond donors (Lipinski definition) is 2. The van der Waals surface area contributed by atoms with Crippen LogP contribution in [-0.4, -0.2) is 41.0 Å². The van der Waals surface area contributed by atoms with Gasteiger partial charge < -0.3 is 19.3 Å². The third-order valence-electron chi connectivity index (χ3n) is 7.11. The minimum atomic E-state index is -4.75. The maximum absolute atomic E-state index is 12.3. The van der Waals surface area contributed by atoms with Crippen LogP contribution in [0.2, 0.25) is 0 Å². The lowest BCUT2D eigenvalue weighted by Crippen LogP contribution is -2.29. The molecule has 0 spiro atoms. The van der Waals surface area contributed by atoms with Crippen LogP contribution in [0, 0.1) is 0 Å². The Morgan fingerprint density at radius 1 is 0.600 bits per heavy atom. The van der Waals surface area contributed by atoms with Crippen LogP contribution >= 0.6 is 7.82 Å². The van der Waals surface area contributed by atoms with E-state index in [0.29, 0.717) is 6.42 Å². The highest BCUT2D eigenvalue weighted by Crippen LogP contribution is 2.35. The van der Waals surface area contributed by atoms with Gasteiger partial charge >= 0.3 is 19.8 Å². The van der Waals surface area contributed by atoms with E-state index >= 15 is 0 Å². The molecule has 0 rings (SSSR count). The van der Waals surface area contributed by atoms with Crippen molar-refractivity contribution in [1.29, 1.82) is 0 Å². The Labute approximate surface area is 274 Å². The molecule has 0 aromatic rings. The number of unbranched alkanes of at least 4 members (excludes halogenated alkanes) is 13. The first kappa shape index (κ1) is 43.0. The number of esters is 2. The fourth-order valence-corrected chi connectivity index (χ4v) is 4.90. The van der Waals surface area contributed by atoms with Crippen molar-refractivity contribution < 1.29 is 37.9 Å². The van der Waals surface area contributed by atoms with Crippen molar-refractivity contribution in [3.05, 3.63) is 48.6 Å². The quantitative estimate of drug-likeness (QED) is 0.0328. The van der Waals surface area contributed by atoms with Gasteiger partial charge in [0.15, 0.2) is 6.10 Å². The lowest BCUT2D eigenvalue weighted by atomic mass is 10.1. The molecule has 0 aliphatic carbocycles. The van der Waals surface area contributed by atoms with Crippen molar-refractivity contribution in [3.63, 3.8) is 0 Å². The van der Waals surface area contributed by atoms with Gasteiger partial charge in [0.05, 0.1) is 6.61 Å². The summed E-state index contributed by atoms with van der Waals surface area (Å²) < 4.78 is 26.2. The van der Waals surface area contributed by atoms with Gasteiger partial charge in [-0.2, -0.15) is 0 Å². The molecule has 0 heterocycles. The van der Waals surface area contributed by atoms with Crippen molar-refractivity contribution in [3.8, 4) is 0 Å². The van der Waals surface area contributed by atoms with Gasteiger partial charge in [-0.15, -0.1) is 0 Å². The predicted molar refractivity (Wildman–Crippen MR) is 184 cm³/mol. The predicted octanol–water partition coefficient (Wildman–Crippen LogP) is 10.0.